The minimum absolute atomic E-state index is 0.257. The van der Waals surface area contributed by atoms with Gasteiger partial charge in [-0.1, -0.05) is 37.7 Å². The number of anilines is 1. The molecule has 0 saturated carbocycles. The zero-order chi connectivity index (χ0) is 18.2. The summed E-state index contributed by atoms with van der Waals surface area (Å²) in [5.74, 6) is -0.618. The Labute approximate surface area is 152 Å². The van der Waals surface area contributed by atoms with E-state index in [-0.39, 0.29) is 16.9 Å². The van der Waals surface area contributed by atoms with Crippen LogP contribution in [0, 0.1) is 0 Å². The van der Waals surface area contributed by atoms with Crippen molar-refractivity contribution in [2.24, 2.45) is 5.73 Å². The predicted octanol–water partition coefficient (Wildman–Crippen LogP) is 3.53. The van der Waals surface area contributed by atoms with E-state index < -0.39 is 0 Å². The van der Waals surface area contributed by atoms with Gasteiger partial charge in [-0.3, -0.25) is 4.79 Å². The Morgan fingerprint density at radius 1 is 1.00 bits per heavy atom. The van der Waals surface area contributed by atoms with Crippen LogP contribution in [-0.4, -0.2) is 23.5 Å². The third-order valence-electron chi connectivity index (χ3n) is 3.54. The Morgan fingerprint density at radius 2 is 1.56 bits per heavy atom. The topological polar surface area (TPSA) is 81.4 Å². The zero-order valence-electron chi connectivity index (χ0n) is 14.0. The largest absolute Gasteiger partial charge is 0.462 e. The van der Waals surface area contributed by atoms with E-state index in [0.29, 0.717) is 29.0 Å². The molecule has 0 aliphatic rings. The molecule has 0 unspecified atom stereocenters. The third-order valence-corrected chi connectivity index (χ3v) is 3.78. The van der Waals surface area contributed by atoms with Gasteiger partial charge in [0.1, 0.15) is 4.99 Å². The number of rotatable bonds is 7. The number of thiocarbonyl (C=S) groups is 1. The van der Waals surface area contributed by atoms with Gasteiger partial charge in [-0.2, -0.15) is 0 Å². The van der Waals surface area contributed by atoms with Crippen LogP contribution >= 0.6 is 12.2 Å². The first-order valence-corrected chi connectivity index (χ1v) is 8.40. The van der Waals surface area contributed by atoms with E-state index in [2.05, 4.69) is 5.32 Å². The molecule has 0 bridgehead atoms. The summed E-state index contributed by atoms with van der Waals surface area (Å²) in [5, 5.41) is 2.77. The highest BCUT2D eigenvalue weighted by Crippen LogP contribution is 2.13. The van der Waals surface area contributed by atoms with Crippen molar-refractivity contribution in [2.75, 3.05) is 11.9 Å². The Bertz CT molecular complexity index is 755. The van der Waals surface area contributed by atoms with Gasteiger partial charge in [-0.05, 0) is 42.8 Å². The summed E-state index contributed by atoms with van der Waals surface area (Å²) in [6.07, 6.45) is 1.81. The second kappa shape index (κ2) is 8.94. The predicted molar refractivity (Wildman–Crippen MR) is 102 cm³/mol. The number of hydrogen-bond donors (Lipinski definition) is 2. The minimum atomic E-state index is -0.361. The van der Waals surface area contributed by atoms with Crippen LogP contribution in [0.4, 0.5) is 5.69 Å². The summed E-state index contributed by atoms with van der Waals surface area (Å²) < 4.78 is 5.14. The highest BCUT2D eigenvalue weighted by atomic mass is 32.1. The van der Waals surface area contributed by atoms with Gasteiger partial charge in [0.25, 0.3) is 5.91 Å². The van der Waals surface area contributed by atoms with Crippen molar-refractivity contribution in [3.8, 4) is 0 Å². The maximum absolute atomic E-state index is 12.2. The first-order chi connectivity index (χ1) is 12.0. The Balaban J connectivity index is 1.97. The minimum Gasteiger partial charge on any atom is -0.462 e. The van der Waals surface area contributed by atoms with Crippen LogP contribution in [0.2, 0.25) is 0 Å². The molecular formula is C19H20N2O3S. The molecule has 0 saturated heterocycles. The number of nitrogens with one attached hydrogen (secondary N) is 1. The molecule has 0 heterocycles. The number of hydrogen-bond acceptors (Lipinski definition) is 4. The fraction of sp³-hybridized carbons (Fsp3) is 0.211. The first kappa shape index (κ1) is 18.6. The van der Waals surface area contributed by atoms with Crippen LogP contribution in [0.15, 0.2) is 48.5 Å². The number of carbonyl (C=O) groups excluding carboxylic acids is 2. The van der Waals surface area contributed by atoms with Crippen LogP contribution in [0.25, 0.3) is 0 Å². The summed E-state index contributed by atoms with van der Waals surface area (Å²) >= 11 is 4.88. The van der Waals surface area contributed by atoms with E-state index in [1.807, 2.05) is 6.92 Å². The molecule has 0 spiro atoms. The molecular weight excluding hydrogens is 336 g/mol. The summed E-state index contributed by atoms with van der Waals surface area (Å²) in [6.45, 7) is 2.44. The maximum atomic E-state index is 12.2. The molecule has 6 heteroatoms. The van der Waals surface area contributed by atoms with Crippen molar-refractivity contribution in [1.82, 2.24) is 0 Å². The molecule has 0 aliphatic heterocycles. The van der Waals surface area contributed by atoms with E-state index in [1.54, 1.807) is 48.5 Å². The van der Waals surface area contributed by atoms with Crippen LogP contribution in [0.5, 0.6) is 0 Å². The van der Waals surface area contributed by atoms with E-state index in [0.717, 1.165) is 12.8 Å². The normalized spacial score (nSPS) is 10.1. The number of carbonyl (C=O) groups is 2. The molecule has 5 nitrogen and oxygen atoms in total. The Kier molecular flexibility index (Phi) is 6.65. The summed E-state index contributed by atoms with van der Waals surface area (Å²) in [5.41, 5.74) is 7.77. The summed E-state index contributed by atoms with van der Waals surface area (Å²) in [4.78, 5) is 24.3. The molecule has 0 radical (unpaired) electrons. The van der Waals surface area contributed by atoms with Gasteiger partial charge in [0.05, 0.1) is 12.2 Å². The monoisotopic (exact) mass is 356 g/mol. The first-order valence-electron chi connectivity index (χ1n) is 7.99. The maximum Gasteiger partial charge on any atom is 0.338 e. The molecule has 130 valence electrons. The van der Waals surface area contributed by atoms with Gasteiger partial charge in [0, 0.05) is 16.8 Å². The van der Waals surface area contributed by atoms with E-state index in [4.69, 9.17) is 22.7 Å². The number of benzene rings is 2. The molecule has 2 aromatic rings. The molecule has 0 fully saturated rings. The SMILES string of the molecule is CCCCOC(=O)c1ccc(NC(=O)c2ccc(C(N)=S)cc2)cc1. The smallest absolute Gasteiger partial charge is 0.338 e. The Morgan fingerprint density at radius 3 is 2.12 bits per heavy atom. The van der Waals surface area contributed by atoms with Crippen molar-refractivity contribution in [3.63, 3.8) is 0 Å². The summed E-state index contributed by atoms with van der Waals surface area (Å²) in [7, 11) is 0. The van der Waals surface area contributed by atoms with Crippen molar-refractivity contribution < 1.29 is 14.3 Å². The number of amides is 1. The Hall–Kier alpha value is -2.73. The van der Waals surface area contributed by atoms with Gasteiger partial charge >= 0.3 is 5.97 Å². The molecule has 25 heavy (non-hydrogen) atoms. The molecule has 3 N–H and O–H groups in total. The second-order valence-electron chi connectivity index (χ2n) is 5.46. The van der Waals surface area contributed by atoms with Crippen molar-refractivity contribution in [3.05, 3.63) is 65.2 Å². The molecule has 0 aliphatic carbocycles. The van der Waals surface area contributed by atoms with Crippen LogP contribution in [-0.2, 0) is 4.74 Å². The molecule has 0 atom stereocenters. The van der Waals surface area contributed by atoms with E-state index >= 15 is 0 Å². The highest BCUT2D eigenvalue weighted by molar-refractivity contribution is 7.80. The van der Waals surface area contributed by atoms with Crippen molar-refractivity contribution in [1.29, 1.82) is 0 Å². The van der Waals surface area contributed by atoms with Crippen LogP contribution < -0.4 is 11.1 Å². The lowest BCUT2D eigenvalue weighted by atomic mass is 10.1. The van der Waals surface area contributed by atoms with Crippen LogP contribution in [0.3, 0.4) is 0 Å². The number of unbranched alkanes of at least 4 members (excludes halogenated alkanes) is 1. The quantitative estimate of drug-likeness (QED) is 0.451. The highest BCUT2D eigenvalue weighted by Gasteiger charge is 2.09. The fourth-order valence-corrected chi connectivity index (χ4v) is 2.21. The average Bonchev–Trinajstić information content (AvgIpc) is 2.62. The molecule has 1 amide bonds. The van der Waals surface area contributed by atoms with Gasteiger partial charge in [-0.25, -0.2) is 4.79 Å². The van der Waals surface area contributed by atoms with Gasteiger partial charge < -0.3 is 15.8 Å². The number of nitrogens with two attached hydrogens (primary N) is 1. The van der Waals surface area contributed by atoms with Crippen molar-refractivity contribution >= 4 is 34.8 Å². The molecule has 0 aromatic heterocycles. The second-order valence-corrected chi connectivity index (χ2v) is 5.90. The fourth-order valence-electron chi connectivity index (χ4n) is 2.07. The zero-order valence-corrected chi connectivity index (χ0v) is 14.8. The molecule has 2 aromatic carbocycles. The van der Waals surface area contributed by atoms with E-state index in [9.17, 15) is 9.59 Å². The van der Waals surface area contributed by atoms with Gasteiger partial charge in [0.15, 0.2) is 0 Å². The van der Waals surface area contributed by atoms with Gasteiger partial charge in [-0.15, -0.1) is 0 Å². The third kappa shape index (κ3) is 5.39. The standard InChI is InChI=1S/C19H20N2O3S/c1-2-3-12-24-19(23)15-8-10-16(11-9-15)21-18(22)14-6-4-13(5-7-14)17(20)25/h4-11H,2-3,12H2,1H3,(H2,20,25)(H,21,22). The van der Waals surface area contributed by atoms with Crippen LogP contribution in [0.1, 0.15) is 46.0 Å². The lowest BCUT2D eigenvalue weighted by Gasteiger charge is -2.07. The summed E-state index contributed by atoms with van der Waals surface area (Å²) in [6, 6.07) is 13.3. The lowest BCUT2D eigenvalue weighted by molar-refractivity contribution is 0.0499. The number of ether oxygens (including phenoxy) is 1. The average molecular weight is 356 g/mol. The number of esters is 1. The van der Waals surface area contributed by atoms with E-state index in [1.165, 1.54) is 0 Å². The lowest BCUT2D eigenvalue weighted by Crippen LogP contribution is -2.13. The molecule has 2 rings (SSSR count). The van der Waals surface area contributed by atoms with Gasteiger partial charge in [0.2, 0.25) is 0 Å². The van der Waals surface area contributed by atoms with Crippen molar-refractivity contribution in [2.45, 2.75) is 19.8 Å².